The van der Waals surface area contributed by atoms with Gasteiger partial charge in [0, 0.05) is 90.5 Å². The van der Waals surface area contributed by atoms with Gasteiger partial charge in [0.1, 0.15) is 82.6 Å². The quantitative estimate of drug-likeness (QED) is 0.0229. The van der Waals surface area contributed by atoms with Crippen molar-refractivity contribution in [1.82, 2.24) is 0 Å². The van der Waals surface area contributed by atoms with E-state index in [-0.39, 0.29) is 107 Å². The van der Waals surface area contributed by atoms with Crippen LogP contribution in [-0.4, -0.2) is 117 Å². The van der Waals surface area contributed by atoms with Gasteiger partial charge in [-0.05, 0) is 106 Å². The highest BCUT2D eigenvalue weighted by molar-refractivity contribution is 5.94. The summed E-state index contributed by atoms with van der Waals surface area (Å²) >= 11 is 0. The molecule has 110 heavy (non-hydrogen) atoms. The SMILES string of the molecule is CC(=O)Oc1cc(OC(C)=O)cc(C(=O)O[C@H]2Cc3ccccc3C[C@H]2OC(=O)c2cc(OC(C)=O)cc(OC(C)=O)c2)c1.O=C(O[C@H]1Cc2ccccc2C[C@H]1OC(=O)c1cc(F)c(F)c(F)c1)c1cc(F)c(F)c(F)c1.O=C(O[C@H]1Cc2ccccc2C[C@H]1OC(=O)c1cc(O)cc(O)c1)c1cc(O)cc(O)c1. The first-order valence-electron chi connectivity index (χ1n) is 33.1. The largest absolute Gasteiger partial charge is 0.508 e. The van der Waals surface area contributed by atoms with Crippen molar-refractivity contribution in [1.29, 1.82) is 0 Å². The Morgan fingerprint density at radius 1 is 0.264 bits per heavy atom. The smallest absolute Gasteiger partial charge is 0.338 e. The number of rotatable bonds is 16. The number of carbonyl (C=O) groups is 10. The van der Waals surface area contributed by atoms with Crippen molar-refractivity contribution >= 4 is 59.7 Å². The third-order valence-electron chi connectivity index (χ3n) is 16.7. The van der Waals surface area contributed by atoms with Crippen LogP contribution in [-0.2, 0) is 86.1 Å². The molecule has 0 radical (unpaired) electrons. The summed E-state index contributed by atoms with van der Waals surface area (Å²) in [5.74, 6) is -19.6. The van der Waals surface area contributed by atoms with Crippen LogP contribution in [0.1, 0.15) is 123 Å². The Morgan fingerprint density at radius 2 is 0.436 bits per heavy atom. The lowest BCUT2D eigenvalue weighted by Gasteiger charge is -2.32. The minimum absolute atomic E-state index is 0.0398. The molecule has 0 aromatic heterocycles. The summed E-state index contributed by atoms with van der Waals surface area (Å²) in [7, 11) is 0. The Hall–Kier alpha value is -13.5. The van der Waals surface area contributed by atoms with Crippen LogP contribution >= 0.6 is 0 Å². The van der Waals surface area contributed by atoms with E-state index in [1.165, 1.54) is 64.1 Å². The zero-order valence-corrected chi connectivity index (χ0v) is 58.1. The van der Waals surface area contributed by atoms with Gasteiger partial charge in [-0.25, -0.2) is 55.1 Å². The van der Waals surface area contributed by atoms with E-state index in [0.29, 0.717) is 24.3 Å². The summed E-state index contributed by atoms with van der Waals surface area (Å²) in [5.41, 5.74) is 3.62. The monoisotopic (exact) mass is 1520 g/mol. The molecule has 0 spiro atoms. The molecule has 12 rings (SSSR count). The van der Waals surface area contributed by atoms with Gasteiger partial charge in [0.05, 0.1) is 33.4 Å². The number of benzene rings is 9. The van der Waals surface area contributed by atoms with Crippen LogP contribution in [0.2, 0.25) is 0 Å². The number of halogens is 6. The van der Waals surface area contributed by atoms with Gasteiger partial charge in [-0.2, -0.15) is 0 Å². The summed E-state index contributed by atoms with van der Waals surface area (Å²) in [5, 5.41) is 38.6. The van der Waals surface area contributed by atoms with Crippen LogP contribution in [0, 0.1) is 34.9 Å². The molecule has 24 nitrogen and oxygen atoms in total. The summed E-state index contributed by atoms with van der Waals surface area (Å²) in [4.78, 5) is 123. The van der Waals surface area contributed by atoms with Gasteiger partial charge in [0.25, 0.3) is 0 Å². The molecule has 3 aliphatic carbocycles. The summed E-state index contributed by atoms with van der Waals surface area (Å²) < 4.78 is 134. The fraction of sp³-hybridized carbons (Fsp3) is 0.200. The second kappa shape index (κ2) is 34.8. The van der Waals surface area contributed by atoms with Crippen LogP contribution in [0.3, 0.4) is 0 Å². The number of fused-ring (bicyclic) bond motifs is 3. The van der Waals surface area contributed by atoms with Crippen LogP contribution in [0.4, 0.5) is 26.3 Å². The topological polar surface area (TPSA) is 344 Å². The summed E-state index contributed by atoms with van der Waals surface area (Å²) in [6.45, 7) is 4.69. The second-order valence-corrected chi connectivity index (χ2v) is 24.9. The number of aromatic hydroxyl groups is 4. The summed E-state index contributed by atoms with van der Waals surface area (Å²) in [6, 6.07) is 38.0. The molecule has 0 amide bonds. The Morgan fingerprint density at radius 3 is 0.618 bits per heavy atom. The molecule has 0 heterocycles. The number of ether oxygens (including phenoxy) is 10. The van der Waals surface area contributed by atoms with Crippen LogP contribution in [0.15, 0.2) is 170 Å². The van der Waals surface area contributed by atoms with E-state index in [1.54, 1.807) is 24.3 Å². The molecule has 30 heteroatoms. The maximum Gasteiger partial charge on any atom is 0.338 e. The van der Waals surface area contributed by atoms with Crippen molar-refractivity contribution < 1.29 is 142 Å². The van der Waals surface area contributed by atoms with Gasteiger partial charge in [0.15, 0.2) is 34.9 Å². The standard InChI is InChI=1S/C32H28O12.C24H14F6O4.C24H20O8/c1-17(33)39-25-9-23(10-26(15-25)40-18(2)34)31(37)43-29-13-21-7-5-6-8-22(21)14-30(29)44-32(38)24-11-27(41-19(3)35)16-28(12-24)42-20(4)36;25-15-5-13(6-16(26)21(15)29)23(31)33-19-9-11-3-1-2-4-12(11)10-20(19)34-24(32)14-7-17(27)22(30)18(28)8-14;25-17-5-15(6-18(26)11-17)23(29)31-21-9-13-3-1-2-4-14(13)10-22(21)32-24(30)16-7-19(27)12-20(28)8-16/h5-12,15-16,29-30H,13-14H2,1-4H3;1-8,19-20H,9-10H2;1-8,11-12,21-22,25-28H,9-10H2/t29-,30+;19-,20+;21-,22+. The number of phenolic OH excluding ortho intramolecular Hbond substituents is 4. The molecule has 0 bridgehead atoms. The van der Waals surface area contributed by atoms with E-state index in [0.717, 1.165) is 69.8 Å². The number of phenols is 4. The van der Waals surface area contributed by atoms with E-state index < -0.39 is 142 Å². The highest BCUT2D eigenvalue weighted by Gasteiger charge is 2.39. The molecule has 6 atom stereocenters. The van der Waals surface area contributed by atoms with Gasteiger partial charge in [-0.3, -0.25) is 19.2 Å². The highest BCUT2D eigenvalue weighted by Crippen LogP contribution is 2.35. The normalized spacial score (nSPS) is 16.4. The molecule has 0 fully saturated rings. The van der Waals surface area contributed by atoms with Crippen molar-refractivity contribution in [3.63, 3.8) is 0 Å². The lowest BCUT2D eigenvalue weighted by Crippen LogP contribution is -2.41. The Balaban J connectivity index is 0.000000178. The second-order valence-electron chi connectivity index (χ2n) is 24.9. The maximum atomic E-state index is 13.5. The van der Waals surface area contributed by atoms with Crippen molar-refractivity contribution in [3.8, 4) is 46.0 Å². The van der Waals surface area contributed by atoms with Crippen molar-refractivity contribution in [2.75, 3.05) is 0 Å². The van der Waals surface area contributed by atoms with E-state index >= 15 is 0 Å². The Labute approximate surface area is 619 Å². The Bertz CT molecular complexity index is 4650. The average Bonchev–Trinajstić information content (AvgIpc) is 0.804. The van der Waals surface area contributed by atoms with Gasteiger partial charge in [-0.1, -0.05) is 72.8 Å². The molecular weight excluding hydrogens is 1460 g/mol. The van der Waals surface area contributed by atoms with Crippen LogP contribution in [0.5, 0.6) is 46.0 Å². The molecular formula is C80H62F6O24. The Kier molecular flexibility index (Phi) is 25.0. The van der Waals surface area contributed by atoms with Gasteiger partial charge < -0.3 is 67.8 Å². The molecule has 3 aliphatic rings. The first kappa shape index (κ1) is 79.0. The van der Waals surface area contributed by atoms with E-state index in [1.807, 2.05) is 48.5 Å². The maximum absolute atomic E-state index is 13.5. The highest BCUT2D eigenvalue weighted by atomic mass is 19.2. The van der Waals surface area contributed by atoms with Crippen LogP contribution in [0.25, 0.3) is 0 Å². The number of hydrogen-bond acceptors (Lipinski definition) is 24. The van der Waals surface area contributed by atoms with Crippen molar-refractivity contribution in [3.05, 3.63) is 272 Å². The first-order valence-corrected chi connectivity index (χ1v) is 33.1. The number of carbonyl (C=O) groups excluding carboxylic acids is 10. The lowest BCUT2D eigenvalue weighted by atomic mass is 9.87. The molecule has 9 aromatic rings. The first-order chi connectivity index (χ1) is 52.3. The van der Waals surface area contributed by atoms with Gasteiger partial charge >= 0.3 is 59.7 Å². The van der Waals surface area contributed by atoms with E-state index in [2.05, 4.69) is 0 Å². The zero-order valence-electron chi connectivity index (χ0n) is 58.1. The third kappa shape index (κ3) is 20.7. The fourth-order valence-corrected chi connectivity index (χ4v) is 11.9. The molecule has 0 saturated heterocycles. The molecule has 0 saturated carbocycles. The number of hydrogen-bond donors (Lipinski definition) is 4. The van der Waals surface area contributed by atoms with Gasteiger partial charge in [0.2, 0.25) is 0 Å². The zero-order chi connectivity index (χ0) is 79.4. The van der Waals surface area contributed by atoms with Crippen molar-refractivity contribution in [2.24, 2.45) is 0 Å². The van der Waals surface area contributed by atoms with E-state index in [4.69, 9.17) is 47.4 Å². The van der Waals surface area contributed by atoms with Crippen molar-refractivity contribution in [2.45, 2.75) is 103 Å². The molecule has 9 aromatic carbocycles. The summed E-state index contributed by atoms with van der Waals surface area (Å²) in [6.07, 6.45) is -4.84. The lowest BCUT2D eigenvalue weighted by molar-refractivity contribution is -0.133. The predicted octanol–water partition coefficient (Wildman–Crippen LogP) is 12.1. The third-order valence-corrected chi connectivity index (χ3v) is 16.7. The molecule has 568 valence electrons. The average molecular weight is 1520 g/mol. The fourth-order valence-electron chi connectivity index (χ4n) is 11.9. The molecule has 0 unspecified atom stereocenters. The molecule has 4 N–H and O–H groups in total. The van der Waals surface area contributed by atoms with Gasteiger partial charge in [-0.15, -0.1) is 0 Å². The predicted molar refractivity (Wildman–Crippen MR) is 367 cm³/mol. The number of esters is 10. The van der Waals surface area contributed by atoms with E-state index in [9.17, 15) is 94.7 Å². The van der Waals surface area contributed by atoms with Crippen LogP contribution < -0.4 is 18.9 Å². The minimum atomic E-state index is -1.76. The molecule has 0 aliphatic heterocycles. The minimum Gasteiger partial charge on any atom is -0.508 e.